The van der Waals surface area contributed by atoms with Crippen molar-refractivity contribution in [2.45, 2.75) is 63.9 Å². The van der Waals surface area contributed by atoms with E-state index in [-0.39, 0.29) is 9.32 Å². The van der Waals surface area contributed by atoms with E-state index >= 15 is 0 Å². The molecule has 37 heavy (non-hydrogen) atoms. The number of aliphatic hydroxyl groups is 2. The molecule has 3 rings (SSSR count). The number of ether oxygens (including phenoxy) is 2. The fraction of sp³-hybridized carbons (Fsp3) is 0.500. The molecule has 1 saturated heterocycles. The molecular formula is C22H29IN3O10P. The van der Waals surface area contributed by atoms with Crippen molar-refractivity contribution in [3.8, 4) is 5.75 Å². The summed E-state index contributed by atoms with van der Waals surface area (Å²) >= 11 is 1.71. The second-order valence-corrected chi connectivity index (χ2v) is 11.7. The predicted molar refractivity (Wildman–Crippen MR) is 139 cm³/mol. The maximum absolute atomic E-state index is 13.6. The molecule has 2 aromatic rings. The first-order valence-electron chi connectivity index (χ1n) is 11.3. The first-order chi connectivity index (χ1) is 17.2. The van der Waals surface area contributed by atoms with Gasteiger partial charge in [0.05, 0.1) is 16.3 Å². The molecule has 1 aliphatic rings. The van der Waals surface area contributed by atoms with Crippen LogP contribution in [-0.2, 0) is 23.4 Å². The second kappa shape index (κ2) is 11.8. The Bertz CT molecular complexity index is 1270. The van der Waals surface area contributed by atoms with Gasteiger partial charge in [-0.05, 0) is 62.4 Å². The number of carbonyl (C=O) groups excluding carboxylic acids is 1. The quantitative estimate of drug-likeness (QED) is 0.165. The SMILES string of the molecule is CC(C)OC(=O)[C@@H](C)NP(=O)(OC[C@H]1O[C@@H](n2cc(I)c(=O)[nH]c2=O)[C@](C)(O)[C@@H]1O)Oc1ccccc1. The third-order valence-electron chi connectivity index (χ3n) is 5.37. The van der Waals surface area contributed by atoms with E-state index < -0.39 is 67.8 Å². The van der Waals surface area contributed by atoms with Crippen molar-refractivity contribution in [3.05, 3.63) is 60.9 Å². The number of aliphatic hydroxyl groups excluding tert-OH is 1. The van der Waals surface area contributed by atoms with Crippen LogP contribution in [0.3, 0.4) is 0 Å². The van der Waals surface area contributed by atoms with Crippen LogP contribution in [0.25, 0.3) is 0 Å². The molecule has 1 unspecified atom stereocenters. The van der Waals surface area contributed by atoms with Crippen molar-refractivity contribution in [1.29, 1.82) is 0 Å². The van der Waals surface area contributed by atoms with Crippen molar-refractivity contribution in [3.63, 3.8) is 0 Å². The van der Waals surface area contributed by atoms with Gasteiger partial charge in [0.1, 0.15) is 29.6 Å². The van der Waals surface area contributed by atoms with Crippen LogP contribution in [0.15, 0.2) is 46.1 Å². The molecular weight excluding hydrogens is 624 g/mol. The van der Waals surface area contributed by atoms with Crippen LogP contribution < -0.4 is 20.9 Å². The van der Waals surface area contributed by atoms with E-state index in [1.807, 2.05) is 0 Å². The second-order valence-electron chi connectivity index (χ2n) is 8.88. The number of aromatic amines is 1. The van der Waals surface area contributed by atoms with Gasteiger partial charge >= 0.3 is 19.4 Å². The molecule has 1 aromatic heterocycles. The summed E-state index contributed by atoms with van der Waals surface area (Å²) in [6.45, 7) is 5.43. The van der Waals surface area contributed by atoms with Crippen molar-refractivity contribution < 1.29 is 38.1 Å². The molecule has 204 valence electrons. The minimum Gasteiger partial charge on any atom is -0.462 e. The van der Waals surface area contributed by atoms with Crippen molar-refractivity contribution in [1.82, 2.24) is 14.6 Å². The zero-order chi connectivity index (χ0) is 27.5. The van der Waals surface area contributed by atoms with Gasteiger partial charge in [0, 0.05) is 6.20 Å². The van der Waals surface area contributed by atoms with Crippen molar-refractivity contribution in [2.24, 2.45) is 0 Å². The van der Waals surface area contributed by atoms with E-state index in [9.17, 15) is 29.2 Å². The van der Waals surface area contributed by atoms with E-state index in [1.54, 1.807) is 54.6 Å². The van der Waals surface area contributed by atoms with E-state index in [4.69, 9.17) is 18.5 Å². The number of H-pyrrole nitrogens is 1. The Kier molecular flexibility index (Phi) is 9.37. The lowest BCUT2D eigenvalue weighted by atomic mass is 9.96. The Morgan fingerprint density at radius 2 is 1.95 bits per heavy atom. The summed E-state index contributed by atoms with van der Waals surface area (Å²) in [5.41, 5.74) is -3.47. The number of nitrogens with zero attached hydrogens (tertiary/aromatic N) is 1. The molecule has 0 amide bonds. The Hall–Kier alpha value is -2.07. The van der Waals surface area contributed by atoms with E-state index in [2.05, 4.69) is 10.1 Å². The van der Waals surface area contributed by atoms with Crippen LogP contribution in [-0.4, -0.2) is 62.3 Å². The highest BCUT2D eigenvalue weighted by Gasteiger charge is 2.54. The zero-order valence-electron chi connectivity index (χ0n) is 20.5. The number of hydrogen-bond acceptors (Lipinski definition) is 10. The van der Waals surface area contributed by atoms with Crippen LogP contribution in [0.1, 0.15) is 33.9 Å². The largest absolute Gasteiger partial charge is 0.462 e. The fourth-order valence-electron chi connectivity index (χ4n) is 3.52. The average molecular weight is 653 g/mol. The lowest BCUT2D eigenvalue weighted by Crippen LogP contribution is -2.47. The molecule has 0 spiro atoms. The maximum atomic E-state index is 13.6. The van der Waals surface area contributed by atoms with Gasteiger partial charge in [0.25, 0.3) is 5.56 Å². The van der Waals surface area contributed by atoms with Crippen LogP contribution in [0.5, 0.6) is 5.75 Å². The van der Waals surface area contributed by atoms with Crippen molar-refractivity contribution in [2.75, 3.05) is 6.61 Å². The van der Waals surface area contributed by atoms with Crippen LogP contribution >= 0.6 is 30.3 Å². The van der Waals surface area contributed by atoms with Crippen LogP contribution in [0.4, 0.5) is 0 Å². The van der Waals surface area contributed by atoms with E-state index in [0.717, 1.165) is 4.57 Å². The number of nitrogens with one attached hydrogen (secondary N) is 2. The van der Waals surface area contributed by atoms with Gasteiger partial charge in [0.15, 0.2) is 6.23 Å². The van der Waals surface area contributed by atoms with Gasteiger partial charge in [-0.15, -0.1) is 0 Å². The topological polar surface area (TPSA) is 178 Å². The molecule has 1 fully saturated rings. The van der Waals surface area contributed by atoms with Crippen LogP contribution in [0.2, 0.25) is 0 Å². The Balaban J connectivity index is 1.82. The molecule has 1 aromatic carbocycles. The summed E-state index contributed by atoms with van der Waals surface area (Å²) in [6.07, 6.45) is -3.50. The molecule has 13 nitrogen and oxygen atoms in total. The van der Waals surface area contributed by atoms with Gasteiger partial charge in [0.2, 0.25) is 0 Å². The number of benzene rings is 1. The van der Waals surface area contributed by atoms with Gasteiger partial charge in [-0.2, -0.15) is 5.09 Å². The minimum atomic E-state index is -4.27. The summed E-state index contributed by atoms with van der Waals surface area (Å²) in [5.74, 6) is -0.516. The molecule has 1 aliphatic heterocycles. The molecule has 0 bridgehead atoms. The molecule has 0 aliphatic carbocycles. The lowest BCUT2D eigenvalue weighted by molar-refractivity contribution is -0.149. The molecule has 15 heteroatoms. The zero-order valence-corrected chi connectivity index (χ0v) is 23.5. The molecule has 6 atom stereocenters. The standard InChI is InChI=1S/C22H29IN3O10P/c1-12(2)34-19(29)13(3)25-37(32,36-14-8-6-5-7-9-14)33-11-16-17(27)22(4,31)20(35-16)26-10-15(23)18(28)24-21(26)30/h5-10,12-13,16-17,20,27,31H,11H2,1-4H3,(H,25,32)(H,24,28,30)/t13-,16-,17-,20-,22-,37?/m1/s1. The highest BCUT2D eigenvalue weighted by Crippen LogP contribution is 2.46. The molecule has 4 N–H and O–H groups in total. The Labute approximate surface area is 225 Å². The number of carbonyl (C=O) groups is 1. The van der Waals surface area contributed by atoms with Gasteiger partial charge in [-0.1, -0.05) is 18.2 Å². The summed E-state index contributed by atoms with van der Waals surface area (Å²) in [6, 6.07) is 6.97. The van der Waals surface area contributed by atoms with E-state index in [1.165, 1.54) is 32.2 Å². The van der Waals surface area contributed by atoms with Crippen molar-refractivity contribution >= 4 is 36.3 Å². The Morgan fingerprint density at radius 1 is 1.30 bits per heavy atom. The number of para-hydroxylation sites is 1. The monoisotopic (exact) mass is 653 g/mol. The fourth-order valence-corrected chi connectivity index (χ4v) is 5.46. The first kappa shape index (κ1) is 29.5. The van der Waals surface area contributed by atoms with Gasteiger partial charge in [-0.25, -0.2) is 9.36 Å². The van der Waals surface area contributed by atoms with Gasteiger partial charge in [-0.3, -0.25) is 23.7 Å². The molecule has 0 radical (unpaired) electrons. The summed E-state index contributed by atoms with van der Waals surface area (Å²) in [7, 11) is -4.27. The summed E-state index contributed by atoms with van der Waals surface area (Å²) in [5, 5.41) is 24.2. The first-order valence-corrected chi connectivity index (χ1v) is 13.9. The number of halogens is 1. The minimum absolute atomic E-state index is 0.151. The van der Waals surface area contributed by atoms with Gasteiger partial charge < -0.3 is 24.2 Å². The van der Waals surface area contributed by atoms with Crippen LogP contribution in [0, 0.1) is 3.57 Å². The number of esters is 1. The summed E-state index contributed by atoms with van der Waals surface area (Å²) < 4.78 is 36.7. The third kappa shape index (κ3) is 7.07. The highest BCUT2D eigenvalue weighted by molar-refractivity contribution is 14.1. The predicted octanol–water partition coefficient (Wildman–Crippen LogP) is 1.28. The smallest absolute Gasteiger partial charge is 0.459 e. The molecule has 2 heterocycles. The number of hydrogen-bond donors (Lipinski definition) is 4. The number of aromatic nitrogens is 2. The molecule has 0 saturated carbocycles. The van der Waals surface area contributed by atoms with E-state index in [0.29, 0.717) is 0 Å². The maximum Gasteiger partial charge on any atom is 0.459 e. The third-order valence-corrected chi connectivity index (χ3v) is 7.78. The highest BCUT2D eigenvalue weighted by atomic mass is 127. The Morgan fingerprint density at radius 3 is 2.57 bits per heavy atom. The average Bonchev–Trinajstić information content (AvgIpc) is 3.03. The number of rotatable bonds is 10. The lowest BCUT2D eigenvalue weighted by Gasteiger charge is -2.27. The normalized spacial score (nSPS) is 26.0. The summed E-state index contributed by atoms with van der Waals surface area (Å²) in [4.78, 5) is 38.5.